The van der Waals surface area contributed by atoms with Crippen molar-refractivity contribution in [1.82, 2.24) is 15.2 Å². The third-order valence-corrected chi connectivity index (χ3v) is 4.01. The number of amides is 1. The SMILES string of the molecule is CNCCCN(C)C(=O)c1sc(NC2CC2)nc1N. The highest BCUT2D eigenvalue weighted by atomic mass is 32.1. The van der Waals surface area contributed by atoms with Crippen molar-refractivity contribution in [3.8, 4) is 0 Å². The Kier molecular flexibility index (Phi) is 4.60. The summed E-state index contributed by atoms with van der Waals surface area (Å²) >= 11 is 1.35. The topological polar surface area (TPSA) is 83.3 Å². The van der Waals surface area contributed by atoms with Gasteiger partial charge in [0.2, 0.25) is 0 Å². The van der Waals surface area contributed by atoms with E-state index in [1.807, 2.05) is 7.05 Å². The molecule has 19 heavy (non-hydrogen) atoms. The van der Waals surface area contributed by atoms with Gasteiger partial charge >= 0.3 is 0 Å². The van der Waals surface area contributed by atoms with Gasteiger partial charge in [0.15, 0.2) is 5.13 Å². The number of hydrogen-bond acceptors (Lipinski definition) is 6. The Morgan fingerprint density at radius 3 is 2.95 bits per heavy atom. The van der Waals surface area contributed by atoms with Gasteiger partial charge in [-0.1, -0.05) is 11.3 Å². The summed E-state index contributed by atoms with van der Waals surface area (Å²) in [6, 6.07) is 0.516. The Labute approximate surface area is 117 Å². The number of nitrogens with zero attached hydrogens (tertiary/aromatic N) is 2. The van der Waals surface area contributed by atoms with E-state index in [0.29, 0.717) is 23.3 Å². The molecule has 0 aliphatic heterocycles. The fourth-order valence-corrected chi connectivity index (χ4v) is 2.67. The van der Waals surface area contributed by atoms with Gasteiger partial charge in [-0.2, -0.15) is 0 Å². The van der Waals surface area contributed by atoms with Crippen LogP contribution in [0.3, 0.4) is 0 Å². The number of thiazole rings is 1. The van der Waals surface area contributed by atoms with Crippen LogP contribution in [0.25, 0.3) is 0 Å². The smallest absolute Gasteiger partial charge is 0.267 e. The Balaban J connectivity index is 1.94. The van der Waals surface area contributed by atoms with Gasteiger partial charge < -0.3 is 21.3 Å². The van der Waals surface area contributed by atoms with Crippen LogP contribution in [0.5, 0.6) is 0 Å². The van der Waals surface area contributed by atoms with Crippen LogP contribution < -0.4 is 16.4 Å². The predicted molar refractivity (Wildman–Crippen MR) is 78.7 cm³/mol. The summed E-state index contributed by atoms with van der Waals surface area (Å²) < 4.78 is 0. The zero-order valence-corrected chi connectivity index (χ0v) is 12.2. The molecule has 0 unspecified atom stereocenters. The maximum Gasteiger partial charge on any atom is 0.267 e. The summed E-state index contributed by atoms with van der Waals surface area (Å²) in [5.41, 5.74) is 5.83. The van der Waals surface area contributed by atoms with Gasteiger partial charge in [0.05, 0.1) is 0 Å². The molecular weight excluding hydrogens is 262 g/mol. The lowest BCUT2D eigenvalue weighted by Crippen LogP contribution is -2.29. The summed E-state index contributed by atoms with van der Waals surface area (Å²) in [6.45, 7) is 1.60. The zero-order valence-electron chi connectivity index (χ0n) is 11.4. The standard InChI is InChI=1S/C12H21N5OS/c1-14-6-3-7-17(2)11(18)9-10(13)16-12(19-9)15-8-4-5-8/h8,14H,3-7,13H2,1-2H3,(H,15,16). The van der Waals surface area contributed by atoms with Crippen molar-refractivity contribution in [3.05, 3.63) is 4.88 Å². The maximum absolute atomic E-state index is 12.2. The zero-order chi connectivity index (χ0) is 13.8. The molecule has 1 aliphatic rings. The second kappa shape index (κ2) is 6.21. The molecule has 4 N–H and O–H groups in total. The molecule has 1 saturated carbocycles. The van der Waals surface area contributed by atoms with Gasteiger partial charge in [0, 0.05) is 19.6 Å². The quantitative estimate of drug-likeness (QED) is 0.650. The fraction of sp³-hybridized carbons (Fsp3) is 0.667. The van der Waals surface area contributed by atoms with Crippen LogP contribution in [0.15, 0.2) is 0 Å². The van der Waals surface area contributed by atoms with Gasteiger partial charge in [0.25, 0.3) is 5.91 Å². The van der Waals surface area contributed by atoms with Gasteiger partial charge in [-0.25, -0.2) is 4.98 Å². The second-order valence-corrected chi connectivity index (χ2v) is 5.83. The van der Waals surface area contributed by atoms with E-state index in [0.717, 1.165) is 18.1 Å². The molecule has 1 aliphatic carbocycles. The predicted octanol–water partition coefficient (Wildman–Crippen LogP) is 0.981. The van der Waals surface area contributed by atoms with Crippen LogP contribution in [-0.2, 0) is 0 Å². The monoisotopic (exact) mass is 283 g/mol. The van der Waals surface area contributed by atoms with Gasteiger partial charge in [-0.05, 0) is 32.9 Å². The van der Waals surface area contributed by atoms with E-state index < -0.39 is 0 Å². The van der Waals surface area contributed by atoms with Crippen LogP contribution in [0.1, 0.15) is 28.9 Å². The number of anilines is 2. The number of carbonyl (C=O) groups is 1. The first-order valence-corrected chi connectivity index (χ1v) is 7.36. The molecule has 1 aromatic rings. The van der Waals surface area contributed by atoms with E-state index in [1.165, 1.54) is 24.2 Å². The van der Waals surface area contributed by atoms with Gasteiger partial charge in [-0.3, -0.25) is 4.79 Å². The number of rotatable bonds is 7. The first kappa shape index (κ1) is 14.1. The molecule has 1 fully saturated rings. The highest BCUT2D eigenvalue weighted by Gasteiger charge is 2.25. The number of aromatic nitrogens is 1. The van der Waals surface area contributed by atoms with Crippen molar-refractivity contribution in [2.45, 2.75) is 25.3 Å². The van der Waals surface area contributed by atoms with Crippen molar-refractivity contribution in [2.24, 2.45) is 0 Å². The van der Waals surface area contributed by atoms with Crippen LogP contribution in [-0.4, -0.2) is 49.0 Å². The average Bonchev–Trinajstić information content (AvgIpc) is 3.11. The molecule has 0 radical (unpaired) electrons. The fourth-order valence-electron chi connectivity index (χ4n) is 1.72. The summed E-state index contributed by atoms with van der Waals surface area (Å²) in [7, 11) is 3.70. The first-order valence-electron chi connectivity index (χ1n) is 6.54. The molecule has 6 nitrogen and oxygen atoms in total. The van der Waals surface area contributed by atoms with E-state index in [9.17, 15) is 4.79 Å². The van der Waals surface area contributed by atoms with E-state index >= 15 is 0 Å². The summed E-state index contributed by atoms with van der Waals surface area (Å²) in [4.78, 5) is 18.7. The van der Waals surface area contributed by atoms with Crippen LogP contribution in [0, 0.1) is 0 Å². The molecule has 0 saturated heterocycles. The van der Waals surface area contributed by atoms with Gasteiger partial charge in [0.1, 0.15) is 10.7 Å². The number of nitrogens with two attached hydrogens (primary N) is 1. The minimum absolute atomic E-state index is 0.0463. The highest BCUT2D eigenvalue weighted by molar-refractivity contribution is 7.18. The molecule has 7 heteroatoms. The molecule has 0 atom stereocenters. The number of carbonyl (C=O) groups excluding carboxylic acids is 1. The normalized spacial score (nSPS) is 14.4. The van der Waals surface area contributed by atoms with Crippen molar-refractivity contribution in [3.63, 3.8) is 0 Å². The Morgan fingerprint density at radius 1 is 1.58 bits per heavy atom. The molecule has 106 valence electrons. The molecule has 0 spiro atoms. The Bertz CT molecular complexity index is 443. The number of nitrogens with one attached hydrogen (secondary N) is 2. The third kappa shape index (κ3) is 3.81. The van der Waals surface area contributed by atoms with Gasteiger partial charge in [-0.15, -0.1) is 0 Å². The minimum atomic E-state index is -0.0463. The lowest BCUT2D eigenvalue weighted by atomic mass is 10.3. The van der Waals surface area contributed by atoms with Crippen molar-refractivity contribution < 1.29 is 4.79 Å². The number of nitrogen functional groups attached to an aromatic ring is 1. The Morgan fingerprint density at radius 2 is 2.32 bits per heavy atom. The maximum atomic E-state index is 12.2. The highest BCUT2D eigenvalue weighted by Crippen LogP contribution is 2.31. The van der Waals surface area contributed by atoms with Crippen molar-refractivity contribution >= 4 is 28.2 Å². The molecule has 2 rings (SSSR count). The molecular formula is C12H21N5OS. The second-order valence-electron chi connectivity index (χ2n) is 4.84. The largest absolute Gasteiger partial charge is 0.382 e. The third-order valence-electron chi connectivity index (χ3n) is 3.02. The Hall–Kier alpha value is -1.34. The minimum Gasteiger partial charge on any atom is -0.382 e. The molecule has 1 amide bonds. The summed E-state index contributed by atoms with van der Waals surface area (Å²) in [5.74, 6) is 0.286. The van der Waals surface area contributed by atoms with E-state index in [4.69, 9.17) is 5.73 Å². The summed E-state index contributed by atoms with van der Waals surface area (Å²) in [5, 5.41) is 7.09. The van der Waals surface area contributed by atoms with Crippen LogP contribution >= 0.6 is 11.3 Å². The molecule has 0 bridgehead atoms. The molecule has 1 aromatic heterocycles. The lowest BCUT2D eigenvalue weighted by molar-refractivity contribution is 0.0799. The average molecular weight is 283 g/mol. The first-order chi connectivity index (χ1) is 9.11. The number of hydrogen-bond donors (Lipinski definition) is 3. The van der Waals surface area contributed by atoms with Crippen molar-refractivity contribution in [1.29, 1.82) is 0 Å². The molecule has 1 heterocycles. The molecule has 0 aromatic carbocycles. The lowest BCUT2D eigenvalue weighted by Gasteiger charge is -2.15. The van der Waals surface area contributed by atoms with Crippen molar-refractivity contribution in [2.75, 3.05) is 38.2 Å². The summed E-state index contributed by atoms with van der Waals surface area (Å²) in [6.07, 6.45) is 3.27. The van der Waals surface area contributed by atoms with Crippen LogP contribution in [0.2, 0.25) is 0 Å². The van der Waals surface area contributed by atoms with E-state index in [-0.39, 0.29) is 5.91 Å². The van der Waals surface area contributed by atoms with E-state index in [1.54, 1.807) is 11.9 Å². The van der Waals surface area contributed by atoms with Crippen LogP contribution in [0.4, 0.5) is 10.9 Å². The van der Waals surface area contributed by atoms with E-state index in [2.05, 4.69) is 15.6 Å².